The molecule has 0 fully saturated rings. The highest BCUT2D eigenvalue weighted by Gasteiger charge is 2.35. The minimum atomic E-state index is -3.86. The summed E-state index contributed by atoms with van der Waals surface area (Å²) in [7, 11) is -3.86. The molecular weight excluding hydrogens is 436 g/mol. The molecule has 2 N–H and O–H groups in total. The van der Waals surface area contributed by atoms with Crippen LogP contribution in [-0.2, 0) is 27.7 Å². The van der Waals surface area contributed by atoms with Crippen LogP contribution in [0.1, 0.15) is 22.7 Å². The first-order valence-electron chi connectivity index (χ1n) is 10.8. The number of sulfonamides is 1. The van der Waals surface area contributed by atoms with Crippen LogP contribution in [0.3, 0.4) is 0 Å². The zero-order valence-electron chi connectivity index (χ0n) is 18.0. The second-order valence-electron chi connectivity index (χ2n) is 8.20. The van der Waals surface area contributed by atoms with Crippen LogP contribution in [0.2, 0.25) is 0 Å². The summed E-state index contributed by atoms with van der Waals surface area (Å²) in [5.74, 6) is -0.0128. The van der Waals surface area contributed by atoms with Gasteiger partial charge in [-0.2, -0.15) is 0 Å². The molecule has 0 saturated carbocycles. The van der Waals surface area contributed by atoms with Gasteiger partial charge in [-0.15, -0.1) is 0 Å². The Labute approximate surface area is 193 Å². The second-order valence-corrected chi connectivity index (χ2v) is 10.1. The van der Waals surface area contributed by atoms with Gasteiger partial charge in [-0.1, -0.05) is 60.7 Å². The zero-order valence-corrected chi connectivity index (χ0v) is 18.8. The Balaban J connectivity index is 1.36. The summed E-state index contributed by atoms with van der Waals surface area (Å²) in [6.07, 6.45) is 0.914. The predicted octanol–water partition coefficient (Wildman–Crippen LogP) is 2.88. The van der Waals surface area contributed by atoms with Crippen LogP contribution in [0.25, 0.3) is 0 Å². The largest absolute Gasteiger partial charge is 0.369 e. The first-order chi connectivity index (χ1) is 15.9. The summed E-state index contributed by atoms with van der Waals surface area (Å²) in [6, 6.07) is 23.7. The number of rotatable bonds is 5. The second kappa shape index (κ2) is 8.37. The molecule has 1 unspecified atom stereocenters. The van der Waals surface area contributed by atoms with Crippen LogP contribution in [-0.4, -0.2) is 37.7 Å². The van der Waals surface area contributed by atoms with Gasteiger partial charge in [0.15, 0.2) is 0 Å². The van der Waals surface area contributed by atoms with E-state index in [-0.39, 0.29) is 29.3 Å². The standard InChI is InChI=1S/C25H24N4O3S/c26-25-27-22(19-9-5-2-6-10-19)17-29(25)33(31,32)21-11-12-23-20(16-21)13-14-28(23)24(30)15-18-7-3-1-4-8-18/h1-12,16,22H,13-15,17H2,(H2,26,27). The molecule has 0 aliphatic carbocycles. The van der Waals surface area contributed by atoms with Crippen molar-refractivity contribution in [1.82, 2.24) is 4.31 Å². The number of carbonyl (C=O) groups excluding carboxylic acids is 1. The number of anilines is 1. The molecule has 2 aliphatic rings. The number of nitrogens with zero attached hydrogens (tertiary/aromatic N) is 3. The van der Waals surface area contributed by atoms with Gasteiger partial charge >= 0.3 is 0 Å². The van der Waals surface area contributed by atoms with Crippen molar-refractivity contribution in [1.29, 1.82) is 0 Å². The third-order valence-corrected chi connectivity index (χ3v) is 7.87. The molecule has 1 amide bonds. The van der Waals surface area contributed by atoms with Gasteiger partial charge in [0.05, 0.1) is 23.9 Å². The fraction of sp³-hybridized carbons (Fsp3) is 0.200. The van der Waals surface area contributed by atoms with E-state index in [0.717, 1.165) is 22.4 Å². The predicted molar refractivity (Wildman–Crippen MR) is 127 cm³/mol. The quantitative estimate of drug-likeness (QED) is 0.633. The Kier molecular flexibility index (Phi) is 5.38. The lowest BCUT2D eigenvalue weighted by Crippen LogP contribution is -2.39. The molecule has 0 aromatic heterocycles. The lowest BCUT2D eigenvalue weighted by molar-refractivity contribution is -0.117. The number of carbonyl (C=O) groups is 1. The van der Waals surface area contributed by atoms with E-state index in [1.54, 1.807) is 23.1 Å². The molecule has 5 rings (SSSR count). The Morgan fingerprint density at radius 1 is 1.00 bits per heavy atom. The fourth-order valence-corrected chi connectivity index (χ4v) is 5.80. The van der Waals surface area contributed by atoms with E-state index < -0.39 is 10.0 Å². The van der Waals surface area contributed by atoms with E-state index in [0.29, 0.717) is 19.4 Å². The van der Waals surface area contributed by atoms with Gasteiger partial charge in [0.25, 0.3) is 10.0 Å². The molecule has 2 heterocycles. The van der Waals surface area contributed by atoms with Crippen molar-refractivity contribution in [3.05, 3.63) is 95.6 Å². The normalized spacial score (nSPS) is 17.7. The van der Waals surface area contributed by atoms with E-state index in [2.05, 4.69) is 4.99 Å². The van der Waals surface area contributed by atoms with Crippen LogP contribution >= 0.6 is 0 Å². The number of nitrogens with two attached hydrogens (primary N) is 1. The van der Waals surface area contributed by atoms with Gasteiger partial charge in [0.2, 0.25) is 11.9 Å². The van der Waals surface area contributed by atoms with Crippen LogP contribution in [0.15, 0.2) is 88.8 Å². The number of hydrogen-bond donors (Lipinski definition) is 1. The summed E-state index contributed by atoms with van der Waals surface area (Å²) < 4.78 is 27.9. The molecule has 3 aromatic rings. The van der Waals surface area contributed by atoms with E-state index in [4.69, 9.17) is 5.73 Å². The molecule has 0 saturated heterocycles. The van der Waals surface area contributed by atoms with Crippen molar-refractivity contribution in [3.63, 3.8) is 0 Å². The number of fused-ring (bicyclic) bond motifs is 1. The Morgan fingerprint density at radius 3 is 2.42 bits per heavy atom. The Morgan fingerprint density at radius 2 is 1.70 bits per heavy atom. The van der Waals surface area contributed by atoms with Gasteiger partial charge < -0.3 is 10.6 Å². The number of aliphatic imine (C=N–C) groups is 1. The van der Waals surface area contributed by atoms with Crippen molar-refractivity contribution < 1.29 is 13.2 Å². The Hall–Kier alpha value is -3.65. The van der Waals surface area contributed by atoms with Crippen molar-refractivity contribution in [3.8, 4) is 0 Å². The average molecular weight is 461 g/mol. The van der Waals surface area contributed by atoms with Crippen LogP contribution < -0.4 is 10.6 Å². The molecule has 1 atom stereocenters. The summed E-state index contributed by atoms with van der Waals surface area (Å²) in [6.45, 7) is 0.699. The maximum Gasteiger partial charge on any atom is 0.266 e. The summed E-state index contributed by atoms with van der Waals surface area (Å²) in [5.41, 5.74) is 9.49. The SMILES string of the molecule is NC1=NC(c2ccccc2)CN1S(=O)(=O)c1ccc2c(c1)CCN2C(=O)Cc1ccccc1. The summed E-state index contributed by atoms with van der Waals surface area (Å²) in [4.78, 5) is 19.1. The third-order valence-electron chi connectivity index (χ3n) is 6.10. The molecule has 33 heavy (non-hydrogen) atoms. The van der Waals surface area contributed by atoms with Gasteiger partial charge in [-0.3, -0.25) is 4.79 Å². The zero-order chi connectivity index (χ0) is 23.0. The molecule has 168 valence electrons. The highest BCUT2D eigenvalue weighted by molar-refractivity contribution is 7.89. The minimum absolute atomic E-state index is 0.00261. The van der Waals surface area contributed by atoms with E-state index >= 15 is 0 Å². The number of hydrogen-bond acceptors (Lipinski definition) is 5. The van der Waals surface area contributed by atoms with Crippen LogP contribution in [0.5, 0.6) is 0 Å². The van der Waals surface area contributed by atoms with Gasteiger partial charge in [0.1, 0.15) is 0 Å². The molecule has 2 aliphatic heterocycles. The van der Waals surface area contributed by atoms with Crippen LogP contribution in [0.4, 0.5) is 5.69 Å². The smallest absolute Gasteiger partial charge is 0.266 e. The van der Waals surface area contributed by atoms with Crippen molar-refractivity contribution in [2.75, 3.05) is 18.0 Å². The third kappa shape index (κ3) is 3.98. The van der Waals surface area contributed by atoms with Crippen molar-refractivity contribution in [2.45, 2.75) is 23.8 Å². The van der Waals surface area contributed by atoms with Crippen molar-refractivity contribution >= 4 is 27.6 Å². The molecule has 0 bridgehead atoms. The Bertz CT molecular complexity index is 1320. The summed E-state index contributed by atoms with van der Waals surface area (Å²) in [5, 5.41) is 0. The number of guanidine groups is 1. The molecule has 0 spiro atoms. The molecule has 8 heteroatoms. The first-order valence-corrected chi connectivity index (χ1v) is 12.3. The highest BCUT2D eigenvalue weighted by Crippen LogP contribution is 2.33. The fourth-order valence-electron chi connectivity index (χ4n) is 4.38. The van der Waals surface area contributed by atoms with E-state index in [1.165, 1.54) is 4.31 Å². The van der Waals surface area contributed by atoms with E-state index in [1.807, 2.05) is 60.7 Å². The number of amides is 1. The molecule has 7 nitrogen and oxygen atoms in total. The summed E-state index contributed by atoms with van der Waals surface area (Å²) >= 11 is 0. The van der Waals surface area contributed by atoms with Gasteiger partial charge in [-0.25, -0.2) is 17.7 Å². The maximum atomic E-state index is 13.4. The number of benzene rings is 3. The van der Waals surface area contributed by atoms with E-state index in [9.17, 15) is 13.2 Å². The average Bonchev–Trinajstić information content (AvgIpc) is 3.44. The van der Waals surface area contributed by atoms with Gasteiger partial charge in [-0.05, 0) is 41.3 Å². The monoisotopic (exact) mass is 460 g/mol. The minimum Gasteiger partial charge on any atom is -0.369 e. The lowest BCUT2D eigenvalue weighted by Gasteiger charge is -2.20. The molecule has 0 radical (unpaired) electrons. The van der Waals surface area contributed by atoms with Crippen molar-refractivity contribution in [2.24, 2.45) is 10.7 Å². The maximum absolute atomic E-state index is 13.4. The van der Waals surface area contributed by atoms with Crippen LogP contribution in [0, 0.1) is 0 Å². The highest BCUT2D eigenvalue weighted by atomic mass is 32.2. The first kappa shape index (κ1) is 21.2. The lowest BCUT2D eigenvalue weighted by atomic mass is 10.1. The molecular formula is C25H24N4O3S. The van der Waals surface area contributed by atoms with Gasteiger partial charge in [0, 0.05) is 12.2 Å². The topological polar surface area (TPSA) is 96.1 Å². The molecule has 3 aromatic carbocycles.